The molecule has 0 amide bonds. The summed E-state index contributed by atoms with van der Waals surface area (Å²) in [6.45, 7) is 10.2. The highest BCUT2D eigenvalue weighted by molar-refractivity contribution is 4.35. The molecule has 0 aromatic heterocycles. The Morgan fingerprint density at radius 2 is 0.727 bits per heavy atom. The van der Waals surface area contributed by atoms with Crippen LogP contribution >= 0.6 is 0 Å². The molecule has 0 heterocycles. The van der Waals surface area contributed by atoms with E-state index in [0.29, 0.717) is 52.9 Å². The summed E-state index contributed by atoms with van der Waals surface area (Å²) < 4.78 is 21.4. The Hall–Kier alpha value is -0.240. The van der Waals surface area contributed by atoms with E-state index in [-0.39, 0.29) is 0 Å². The smallest absolute Gasteiger partial charge is 0.106 e. The third-order valence-corrected chi connectivity index (χ3v) is 2.73. The molecule has 0 aliphatic carbocycles. The number of hydrogen-bond donors (Lipinski definition) is 0. The maximum Gasteiger partial charge on any atom is 0.106 e. The fourth-order valence-electron chi connectivity index (χ4n) is 1.44. The molecular weight excluding hydrogens is 288 g/mol. The van der Waals surface area contributed by atoms with Crippen molar-refractivity contribution in [2.75, 3.05) is 66.1 Å². The first-order valence-corrected chi connectivity index (χ1v) is 8.47. The van der Waals surface area contributed by atoms with Crippen molar-refractivity contribution in [3.8, 4) is 0 Å². The molecule has 6 nitrogen and oxygen atoms in total. The van der Waals surface area contributed by atoms with E-state index in [9.17, 15) is 0 Å². The van der Waals surface area contributed by atoms with E-state index in [1.807, 2.05) is 0 Å². The molecule has 0 unspecified atom stereocenters. The minimum absolute atomic E-state index is 0.412. The third kappa shape index (κ3) is 19.8. The Bertz CT molecular complexity index is 171. The molecule has 22 heavy (non-hydrogen) atoms. The van der Waals surface area contributed by atoms with Crippen molar-refractivity contribution in [3.05, 3.63) is 0 Å². The lowest BCUT2D eigenvalue weighted by Crippen LogP contribution is -2.12. The first kappa shape index (κ1) is 21.8. The number of hydrogen-bond acceptors (Lipinski definition) is 6. The molecule has 0 aromatic carbocycles. The van der Waals surface area contributed by atoms with Gasteiger partial charge in [0.15, 0.2) is 0 Å². The zero-order valence-corrected chi connectivity index (χ0v) is 14.3. The van der Waals surface area contributed by atoms with Gasteiger partial charge in [-0.1, -0.05) is 26.7 Å². The van der Waals surface area contributed by atoms with Crippen LogP contribution in [-0.2, 0) is 28.7 Å². The lowest BCUT2D eigenvalue weighted by Gasteiger charge is -2.07. The summed E-state index contributed by atoms with van der Waals surface area (Å²) in [7, 11) is 0. The topological polar surface area (TPSA) is 55.4 Å². The number of rotatable bonds is 19. The second-order valence-electron chi connectivity index (χ2n) is 4.80. The summed E-state index contributed by atoms with van der Waals surface area (Å²) in [4.78, 5) is 9.92. The molecule has 0 bridgehead atoms. The van der Waals surface area contributed by atoms with E-state index in [1.165, 1.54) is 0 Å². The highest BCUT2D eigenvalue weighted by Crippen LogP contribution is 1.89. The second-order valence-corrected chi connectivity index (χ2v) is 4.80. The molecule has 0 aliphatic heterocycles. The first-order valence-electron chi connectivity index (χ1n) is 8.47. The molecule has 134 valence electrons. The standard InChI is InChI=1S/C16H34O6/c1-3-5-7-17-9-11-19-13-15-21-22-16-14-20-12-10-18-8-6-4-2/h3-16H2,1-2H3. The predicted octanol–water partition coefficient (Wildman–Crippen LogP) is 2.60. The minimum Gasteiger partial charge on any atom is -0.379 e. The largest absolute Gasteiger partial charge is 0.379 e. The van der Waals surface area contributed by atoms with Crippen LogP contribution in [-0.4, -0.2) is 66.1 Å². The fourth-order valence-corrected chi connectivity index (χ4v) is 1.44. The molecule has 0 radical (unpaired) electrons. The summed E-state index contributed by atoms with van der Waals surface area (Å²) in [6.07, 6.45) is 4.51. The van der Waals surface area contributed by atoms with Crippen molar-refractivity contribution in [1.29, 1.82) is 0 Å². The van der Waals surface area contributed by atoms with Crippen molar-refractivity contribution in [3.63, 3.8) is 0 Å². The molecule has 0 saturated heterocycles. The summed E-state index contributed by atoms with van der Waals surface area (Å²) in [6, 6.07) is 0. The Kier molecular flexibility index (Phi) is 20.5. The van der Waals surface area contributed by atoms with Crippen LogP contribution in [0.1, 0.15) is 39.5 Å². The van der Waals surface area contributed by atoms with E-state index in [1.54, 1.807) is 0 Å². The Morgan fingerprint density at radius 1 is 0.409 bits per heavy atom. The van der Waals surface area contributed by atoms with E-state index < -0.39 is 0 Å². The summed E-state index contributed by atoms with van der Waals surface area (Å²) in [5.41, 5.74) is 0. The molecule has 6 heteroatoms. The highest BCUT2D eigenvalue weighted by atomic mass is 17.2. The van der Waals surface area contributed by atoms with Crippen LogP contribution in [0.3, 0.4) is 0 Å². The monoisotopic (exact) mass is 322 g/mol. The zero-order chi connectivity index (χ0) is 16.1. The van der Waals surface area contributed by atoms with Gasteiger partial charge in [-0.3, -0.25) is 0 Å². The van der Waals surface area contributed by atoms with E-state index in [0.717, 1.165) is 38.9 Å². The quantitative estimate of drug-likeness (QED) is 0.207. The summed E-state index contributed by atoms with van der Waals surface area (Å²) in [5.74, 6) is 0. The van der Waals surface area contributed by atoms with Gasteiger partial charge in [0.2, 0.25) is 0 Å². The lowest BCUT2D eigenvalue weighted by atomic mass is 10.4. The molecule has 0 saturated carbocycles. The highest BCUT2D eigenvalue weighted by Gasteiger charge is 1.94. The van der Waals surface area contributed by atoms with Crippen molar-refractivity contribution >= 4 is 0 Å². The zero-order valence-electron chi connectivity index (χ0n) is 14.3. The van der Waals surface area contributed by atoms with Crippen LogP contribution in [0, 0.1) is 0 Å². The Morgan fingerprint density at radius 3 is 1.09 bits per heavy atom. The van der Waals surface area contributed by atoms with Crippen LogP contribution in [0.25, 0.3) is 0 Å². The van der Waals surface area contributed by atoms with E-state index >= 15 is 0 Å². The average molecular weight is 322 g/mol. The molecule has 0 N–H and O–H groups in total. The maximum absolute atomic E-state index is 5.36. The number of unbranched alkanes of at least 4 members (excludes halogenated alkanes) is 2. The van der Waals surface area contributed by atoms with Crippen molar-refractivity contribution in [2.45, 2.75) is 39.5 Å². The van der Waals surface area contributed by atoms with E-state index in [2.05, 4.69) is 13.8 Å². The van der Waals surface area contributed by atoms with Crippen LogP contribution in [0.5, 0.6) is 0 Å². The van der Waals surface area contributed by atoms with E-state index in [4.69, 9.17) is 28.7 Å². The fraction of sp³-hybridized carbons (Fsp3) is 1.00. The maximum atomic E-state index is 5.36. The van der Waals surface area contributed by atoms with Gasteiger partial charge in [0, 0.05) is 13.2 Å². The normalized spacial score (nSPS) is 11.2. The molecule has 0 aliphatic rings. The molecule has 0 spiro atoms. The van der Waals surface area contributed by atoms with Crippen LogP contribution in [0.2, 0.25) is 0 Å². The van der Waals surface area contributed by atoms with Gasteiger partial charge >= 0.3 is 0 Å². The SMILES string of the molecule is CCCCOCCOCCOOCCOCCOCCCC. The minimum atomic E-state index is 0.412. The van der Waals surface area contributed by atoms with Gasteiger partial charge in [-0.25, -0.2) is 9.78 Å². The van der Waals surface area contributed by atoms with Gasteiger partial charge < -0.3 is 18.9 Å². The molecule has 0 rings (SSSR count). The van der Waals surface area contributed by atoms with Gasteiger partial charge in [0.25, 0.3) is 0 Å². The molecular formula is C16H34O6. The molecule has 0 atom stereocenters. The Labute approximate surface area is 135 Å². The van der Waals surface area contributed by atoms with Gasteiger partial charge in [0.1, 0.15) is 13.2 Å². The van der Waals surface area contributed by atoms with Crippen molar-refractivity contribution < 1.29 is 28.7 Å². The number of ether oxygens (including phenoxy) is 4. The van der Waals surface area contributed by atoms with Gasteiger partial charge in [-0.15, -0.1) is 0 Å². The van der Waals surface area contributed by atoms with Crippen molar-refractivity contribution in [1.82, 2.24) is 0 Å². The average Bonchev–Trinajstić information content (AvgIpc) is 2.54. The van der Waals surface area contributed by atoms with Gasteiger partial charge in [-0.05, 0) is 12.8 Å². The first-order chi connectivity index (χ1) is 10.9. The van der Waals surface area contributed by atoms with Gasteiger partial charge in [-0.2, -0.15) is 0 Å². The molecule has 0 fully saturated rings. The van der Waals surface area contributed by atoms with Crippen LogP contribution in [0.15, 0.2) is 0 Å². The van der Waals surface area contributed by atoms with Crippen LogP contribution in [0.4, 0.5) is 0 Å². The summed E-state index contributed by atoms with van der Waals surface area (Å²) in [5, 5.41) is 0. The lowest BCUT2D eigenvalue weighted by molar-refractivity contribution is -0.303. The second kappa shape index (κ2) is 20.8. The summed E-state index contributed by atoms with van der Waals surface area (Å²) >= 11 is 0. The third-order valence-electron chi connectivity index (χ3n) is 2.73. The molecule has 0 aromatic rings. The van der Waals surface area contributed by atoms with Crippen LogP contribution < -0.4 is 0 Å². The van der Waals surface area contributed by atoms with Gasteiger partial charge in [0.05, 0.1) is 39.6 Å². The van der Waals surface area contributed by atoms with Crippen molar-refractivity contribution in [2.24, 2.45) is 0 Å². The predicted molar refractivity (Wildman–Crippen MR) is 85.0 cm³/mol. The Balaban J connectivity index is 2.91.